The van der Waals surface area contributed by atoms with E-state index >= 15 is 0 Å². The fourth-order valence-electron chi connectivity index (χ4n) is 1.15. The van der Waals surface area contributed by atoms with Crippen molar-refractivity contribution < 1.29 is 8.42 Å². The third kappa shape index (κ3) is 2.77. The number of H-pyrrole nitrogens is 1. The van der Waals surface area contributed by atoms with Crippen molar-refractivity contribution in [2.75, 3.05) is 5.73 Å². The molecule has 0 aliphatic heterocycles. The number of nitrogens with one attached hydrogen (secondary N) is 2. The number of rotatable bonds is 4. The Balaban J connectivity index is 2.11. The molecule has 1 aromatic heterocycles. The van der Waals surface area contributed by atoms with E-state index in [4.69, 9.17) is 5.73 Å². The molecule has 2 aromatic rings. The lowest BCUT2D eigenvalue weighted by molar-refractivity contribution is 0.579. The van der Waals surface area contributed by atoms with Crippen LogP contribution in [0.4, 0.5) is 5.69 Å². The van der Waals surface area contributed by atoms with Crippen molar-refractivity contribution in [2.45, 2.75) is 11.4 Å². The first-order chi connectivity index (χ1) is 8.08. The van der Waals surface area contributed by atoms with Gasteiger partial charge in [-0.05, 0) is 24.3 Å². The summed E-state index contributed by atoms with van der Waals surface area (Å²) in [6.07, 6.45) is 0. The van der Waals surface area contributed by atoms with E-state index in [0.29, 0.717) is 5.69 Å². The molecule has 0 aliphatic rings. The van der Waals surface area contributed by atoms with Gasteiger partial charge >= 0.3 is 0 Å². The molecular formula is C8H10N6O2S. The van der Waals surface area contributed by atoms with E-state index in [1.54, 1.807) is 0 Å². The summed E-state index contributed by atoms with van der Waals surface area (Å²) in [5.41, 5.74) is 5.98. The van der Waals surface area contributed by atoms with Crippen LogP contribution in [0.3, 0.4) is 0 Å². The van der Waals surface area contributed by atoms with E-state index in [0.717, 1.165) is 0 Å². The Kier molecular flexibility index (Phi) is 3.02. The second-order valence-corrected chi connectivity index (χ2v) is 4.99. The van der Waals surface area contributed by atoms with Crippen molar-refractivity contribution in [3.8, 4) is 0 Å². The minimum absolute atomic E-state index is 0.0246. The first-order valence-corrected chi connectivity index (χ1v) is 6.14. The number of benzene rings is 1. The molecule has 0 radical (unpaired) electrons. The van der Waals surface area contributed by atoms with Crippen LogP contribution in [0.25, 0.3) is 0 Å². The monoisotopic (exact) mass is 254 g/mol. The standard InChI is InChI=1S/C8H10N6O2S/c9-6-1-3-7(4-2-6)17(15,16)10-5-8-11-13-14-12-8/h1-4,10H,5,9H2,(H,11,12,13,14). The lowest BCUT2D eigenvalue weighted by atomic mass is 10.3. The molecule has 0 aliphatic carbocycles. The topological polar surface area (TPSA) is 127 Å². The van der Waals surface area contributed by atoms with Crippen LogP contribution in [0.2, 0.25) is 0 Å². The van der Waals surface area contributed by atoms with Crippen LogP contribution >= 0.6 is 0 Å². The van der Waals surface area contributed by atoms with E-state index in [1.807, 2.05) is 0 Å². The normalized spacial score (nSPS) is 11.5. The number of nitrogen functional groups attached to an aromatic ring is 1. The number of aromatic amines is 1. The number of tetrazole rings is 1. The quantitative estimate of drug-likeness (QED) is 0.617. The lowest BCUT2D eigenvalue weighted by Crippen LogP contribution is -2.23. The molecule has 1 heterocycles. The Morgan fingerprint density at radius 2 is 2.00 bits per heavy atom. The van der Waals surface area contributed by atoms with E-state index in [2.05, 4.69) is 25.3 Å². The van der Waals surface area contributed by atoms with Gasteiger partial charge in [0, 0.05) is 5.69 Å². The van der Waals surface area contributed by atoms with Crippen molar-refractivity contribution >= 4 is 15.7 Å². The van der Waals surface area contributed by atoms with E-state index in [1.165, 1.54) is 24.3 Å². The molecule has 0 bridgehead atoms. The largest absolute Gasteiger partial charge is 0.399 e. The molecule has 90 valence electrons. The molecular weight excluding hydrogens is 244 g/mol. The number of sulfonamides is 1. The van der Waals surface area contributed by atoms with Gasteiger partial charge in [-0.1, -0.05) is 5.21 Å². The van der Waals surface area contributed by atoms with Gasteiger partial charge in [0.25, 0.3) is 0 Å². The third-order valence-corrected chi connectivity index (χ3v) is 3.42. The van der Waals surface area contributed by atoms with Gasteiger partial charge < -0.3 is 5.73 Å². The van der Waals surface area contributed by atoms with Crippen molar-refractivity contribution in [1.29, 1.82) is 0 Å². The summed E-state index contributed by atoms with van der Waals surface area (Å²) in [6, 6.07) is 5.88. The molecule has 8 nitrogen and oxygen atoms in total. The maximum absolute atomic E-state index is 11.8. The van der Waals surface area contributed by atoms with Gasteiger partial charge in [-0.15, -0.1) is 10.2 Å². The van der Waals surface area contributed by atoms with Gasteiger partial charge in [0.15, 0.2) is 5.82 Å². The Labute approximate surface area is 97.3 Å². The Bertz CT molecular complexity index is 577. The molecule has 0 unspecified atom stereocenters. The smallest absolute Gasteiger partial charge is 0.240 e. The Hall–Kier alpha value is -2.00. The third-order valence-electron chi connectivity index (χ3n) is 2.00. The lowest BCUT2D eigenvalue weighted by Gasteiger charge is -2.04. The predicted molar refractivity (Wildman–Crippen MR) is 59.1 cm³/mol. The van der Waals surface area contributed by atoms with Crippen LogP contribution in [0, 0.1) is 0 Å². The highest BCUT2D eigenvalue weighted by Gasteiger charge is 2.14. The highest BCUT2D eigenvalue weighted by Crippen LogP contribution is 2.11. The zero-order chi connectivity index (χ0) is 12.3. The van der Waals surface area contributed by atoms with E-state index < -0.39 is 10.0 Å². The van der Waals surface area contributed by atoms with Crippen LogP contribution < -0.4 is 10.5 Å². The fourth-order valence-corrected chi connectivity index (χ4v) is 2.13. The van der Waals surface area contributed by atoms with Crippen molar-refractivity contribution in [1.82, 2.24) is 25.3 Å². The Morgan fingerprint density at radius 3 is 2.59 bits per heavy atom. The molecule has 0 amide bonds. The first kappa shape index (κ1) is 11.5. The summed E-state index contributed by atoms with van der Waals surface area (Å²) in [7, 11) is -3.58. The zero-order valence-electron chi connectivity index (χ0n) is 8.66. The van der Waals surface area contributed by atoms with Crippen LogP contribution in [-0.2, 0) is 16.6 Å². The molecule has 2 rings (SSSR count). The van der Waals surface area contributed by atoms with Gasteiger partial charge in [-0.3, -0.25) is 0 Å². The van der Waals surface area contributed by atoms with Crippen LogP contribution in [0.5, 0.6) is 0 Å². The second kappa shape index (κ2) is 4.47. The van der Waals surface area contributed by atoms with Crippen molar-refractivity contribution in [2.24, 2.45) is 0 Å². The number of hydrogen-bond donors (Lipinski definition) is 3. The molecule has 9 heteroatoms. The van der Waals surface area contributed by atoms with Gasteiger partial charge in [-0.2, -0.15) is 5.21 Å². The number of aromatic nitrogens is 4. The number of hydrogen-bond acceptors (Lipinski definition) is 6. The molecule has 17 heavy (non-hydrogen) atoms. The number of anilines is 1. The first-order valence-electron chi connectivity index (χ1n) is 4.65. The fraction of sp³-hybridized carbons (Fsp3) is 0.125. The second-order valence-electron chi connectivity index (χ2n) is 3.22. The molecule has 0 fully saturated rings. The summed E-state index contributed by atoms with van der Waals surface area (Å²) in [5.74, 6) is 0.268. The summed E-state index contributed by atoms with van der Waals surface area (Å²) in [4.78, 5) is 0.134. The SMILES string of the molecule is Nc1ccc(S(=O)(=O)NCc2nn[nH]n2)cc1. The average Bonchev–Trinajstić information content (AvgIpc) is 2.80. The highest BCUT2D eigenvalue weighted by molar-refractivity contribution is 7.89. The molecule has 0 spiro atoms. The minimum Gasteiger partial charge on any atom is -0.399 e. The van der Waals surface area contributed by atoms with Gasteiger partial charge in [0.1, 0.15) is 0 Å². The summed E-state index contributed by atoms with van der Waals surface area (Å²) < 4.78 is 25.9. The van der Waals surface area contributed by atoms with E-state index in [9.17, 15) is 8.42 Å². The zero-order valence-corrected chi connectivity index (χ0v) is 9.48. The van der Waals surface area contributed by atoms with Gasteiger partial charge in [0.2, 0.25) is 10.0 Å². The van der Waals surface area contributed by atoms with Crippen LogP contribution in [0.15, 0.2) is 29.2 Å². The van der Waals surface area contributed by atoms with Crippen LogP contribution in [0.1, 0.15) is 5.82 Å². The molecule has 0 atom stereocenters. The van der Waals surface area contributed by atoms with Crippen molar-refractivity contribution in [3.05, 3.63) is 30.1 Å². The van der Waals surface area contributed by atoms with Gasteiger partial charge in [-0.25, -0.2) is 13.1 Å². The maximum atomic E-state index is 11.8. The molecule has 4 N–H and O–H groups in total. The Morgan fingerprint density at radius 1 is 1.29 bits per heavy atom. The molecule has 0 saturated heterocycles. The highest BCUT2D eigenvalue weighted by atomic mass is 32.2. The molecule has 0 saturated carbocycles. The maximum Gasteiger partial charge on any atom is 0.240 e. The summed E-state index contributed by atoms with van der Waals surface area (Å²) in [5, 5.41) is 12.8. The van der Waals surface area contributed by atoms with Gasteiger partial charge in [0.05, 0.1) is 11.4 Å². The number of nitrogens with two attached hydrogens (primary N) is 1. The van der Waals surface area contributed by atoms with Crippen molar-refractivity contribution in [3.63, 3.8) is 0 Å². The molecule has 1 aromatic carbocycles. The predicted octanol–water partition coefficient (Wildman–Crippen LogP) is -0.740. The summed E-state index contributed by atoms with van der Waals surface area (Å²) >= 11 is 0. The number of nitrogens with zero attached hydrogens (tertiary/aromatic N) is 3. The minimum atomic E-state index is -3.58. The summed E-state index contributed by atoms with van der Waals surface area (Å²) in [6.45, 7) is -0.0246. The van der Waals surface area contributed by atoms with E-state index in [-0.39, 0.29) is 17.3 Å². The van der Waals surface area contributed by atoms with Crippen LogP contribution in [-0.4, -0.2) is 29.0 Å². The average molecular weight is 254 g/mol.